The summed E-state index contributed by atoms with van der Waals surface area (Å²) in [7, 11) is 1.62. The van der Waals surface area contributed by atoms with E-state index in [2.05, 4.69) is 15.5 Å². The highest BCUT2D eigenvalue weighted by atomic mass is 32.2. The molecule has 0 saturated carbocycles. The summed E-state index contributed by atoms with van der Waals surface area (Å²) < 4.78 is 0. The van der Waals surface area contributed by atoms with Crippen molar-refractivity contribution < 1.29 is 4.79 Å². The van der Waals surface area contributed by atoms with E-state index in [4.69, 9.17) is 0 Å². The van der Waals surface area contributed by atoms with Crippen molar-refractivity contribution in [3.05, 3.63) is 29.6 Å². The summed E-state index contributed by atoms with van der Waals surface area (Å²) in [5.74, 6) is 0.350. The molecule has 2 rings (SSSR count). The van der Waals surface area contributed by atoms with Gasteiger partial charge in [-0.3, -0.25) is 4.79 Å². The summed E-state index contributed by atoms with van der Waals surface area (Å²) in [6, 6.07) is 7.79. The van der Waals surface area contributed by atoms with Gasteiger partial charge in [-0.2, -0.15) is 0 Å². The lowest BCUT2D eigenvalue weighted by molar-refractivity contribution is -0.118. The van der Waals surface area contributed by atoms with Crippen molar-refractivity contribution in [3.63, 3.8) is 0 Å². The Bertz CT molecular complexity index is 482. The minimum atomic E-state index is -0.0147. The Balaban J connectivity index is 2.01. The summed E-state index contributed by atoms with van der Waals surface area (Å²) >= 11 is 3.01. The van der Waals surface area contributed by atoms with Crippen molar-refractivity contribution in [2.24, 2.45) is 0 Å². The molecule has 0 saturated heterocycles. The minimum Gasteiger partial charge on any atom is -0.358 e. The molecule has 0 aliphatic carbocycles. The molecule has 0 aliphatic heterocycles. The Kier molecular flexibility index (Phi) is 4.11. The number of amides is 1. The third kappa shape index (κ3) is 3.28. The van der Waals surface area contributed by atoms with Crippen LogP contribution in [0.2, 0.25) is 0 Å². The van der Waals surface area contributed by atoms with Crippen LogP contribution < -0.4 is 5.32 Å². The van der Waals surface area contributed by atoms with Crippen LogP contribution in [0.1, 0.15) is 0 Å². The topological polar surface area (TPSA) is 54.9 Å². The second-order valence-corrected chi connectivity index (χ2v) is 5.14. The van der Waals surface area contributed by atoms with E-state index in [-0.39, 0.29) is 5.91 Å². The number of aromatic nitrogens is 2. The van der Waals surface area contributed by atoms with E-state index in [1.165, 1.54) is 11.8 Å². The second kappa shape index (κ2) is 5.79. The third-order valence-electron chi connectivity index (χ3n) is 2.04. The molecule has 0 spiro atoms. The van der Waals surface area contributed by atoms with Gasteiger partial charge in [0.2, 0.25) is 5.91 Å². The third-order valence-corrected chi connectivity index (χ3v) is 3.86. The van der Waals surface area contributed by atoms with Crippen LogP contribution in [0.25, 0.3) is 10.6 Å². The summed E-state index contributed by atoms with van der Waals surface area (Å²) in [4.78, 5) is 12.2. The fourth-order valence-corrected chi connectivity index (χ4v) is 2.54. The predicted molar refractivity (Wildman–Crippen MR) is 70.1 cm³/mol. The molecule has 0 aromatic carbocycles. The molecule has 2 heterocycles. The standard InChI is InChI=1S/C11H11N3OS2/c1-12-10(15)7-17-11-5-4-8(13-14-11)9-3-2-6-16-9/h2-6H,7H2,1H3,(H,12,15). The molecule has 88 valence electrons. The maximum absolute atomic E-state index is 11.1. The quantitative estimate of drug-likeness (QED) is 0.860. The van der Waals surface area contributed by atoms with Crippen LogP contribution in [0.3, 0.4) is 0 Å². The van der Waals surface area contributed by atoms with Gasteiger partial charge in [-0.05, 0) is 23.6 Å². The van der Waals surface area contributed by atoms with Crippen LogP contribution in [0.4, 0.5) is 0 Å². The molecule has 0 bridgehead atoms. The van der Waals surface area contributed by atoms with Crippen molar-refractivity contribution in [1.82, 2.24) is 15.5 Å². The Labute approximate surface area is 107 Å². The molecular formula is C11H11N3OS2. The van der Waals surface area contributed by atoms with Gasteiger partial charge in [0.1, 0.15) is 10.7 Å². The number of carbonyl (C=O) groups is 1. The highest BCUT2D eigenvalue weighted by molar-refractivity contribution is 7.99. The van der Waals surface area contributed by atoms with Gasteiger partial charge < -0.3 is 5.32 Å². The summed E-state index contributed by atoms with van der Waals surface area (Å²) in [6.45, 7) is 0. The maximum Gasteiger partial charge on any atom is 0.230 e. The summed E-state index contributed by atoms with van der Waals surface area (Å²) in [6.07, 6.45) is 0. The maximum atomic E-state index is 11.1. The SMILES string of the molecule is CNC(=O)CSc1ccc(-c2cccs2)nn1. The van der Waals surface area contributed by atoms with Crippen molar-refractivity contribution in [1.29, 1.82) is 0 Å². The van der Waals surface area contributed by atoms with E-state index in [1.807, 2.05) is 29.6 Å². The van der Waals surface area contributed by atoms with Gasteiger partial charge >= 0.3 is 0 Å². The van der Waals surface area contributed by atoms with Gasteiger partial charge in [-0.25, -0.2) is 0 Å². The number of nitrogens with one attached hydrogen (secondary N) is 1. The zero-order chi connectivity index (χ0) is 12.1. The van der Waals surface area contributed by atoms with Crippen molar-refractivity contribution in [3.8, 4) is 10.6 Å². The normalized spacial score (nSPS) is 10.2. The fraction of sp³-hybridized carbons (Fsp3) is 0.182. The Morgan fingerprint density at radius 2 is 2.29 bits per heavy atom. The molecule has 0 radical (unpaired) electrons. The smallest absolute Gasteiger partial charge is 0.230 e. The lowest BCUT2D eigenvalue weighted by Gasteiger charge is -2.00. The molecule has 2 aromatic rings. The molecule has 0 atom stereocenters. The van der Waals surface area contributed by atoms with Gasteiger partial charge in [0.25, 0.3) is 0 Å². The first-order chi connectivity index (χ1) is 8.29. The van der Waals surface area contributed by atoms with Crippen LogP contribution in [0.5, 0.6) is 0 Å². The zero-order valence-electron chi connectivity index (χ0n) is 9.21. The number of thiophene rings is 1. The predicted octanol–water partition coefficient (Wildman–Crippen LogP) is 2.04. The van der Waals surface area contributed by atoms with Gasteiger partial charge in [-0.1, -0.05) is 17.8 Å². The Morgan fingerprint density at radius 3 is 2.88 bits per heavy atom. The Hall–Kier alpha value is -1.40. The fourth-order valence-electron chi connectivity index (χ4n) is 1.16. The number of thioether (sulfide) groups is 1. The van der Waals surface area contributed by atoms with Gasteiger partial charge in [0, 0.05) is 7.05 Å². The van der Waals surface area contributed by atoms with Crippen molar-refractivity contribution >= 4 is 29.0 Å². The van der Waals surface area contributed by atoms with E-state index in [0.29, 0.717) is 5.75 Å². The molecule has 0 unspecified atom stereocenters. The van der Waals surface area contributed by atoms with E-state index in [0.717, 1.165) is 15.6 Å². The lowest BCUT2D eigenvalue weighted by atomic mass is 10.3. The minimum absolute atomic E-state index is 0.0147. The van der Waals surface area contributed by atoms with Crippen LogP contribution in [0.15, 0.2) is 34.7 Å². The van der Waals surface area contributed by atoms with Crippen molar-refractivity contribution in [2.75, 3.05) is 12.8 Å². The van der Waals surface area contributed by atoms with E-state index in [1.54, 1.807) is 18.4 Å². The highest BCUT2D eigenvalue weighted by Crippen LogP contribution is 2.23. The highest BCUT2D eigenvalue weighted by Gasteiger charge is 2.04. The van der Waals surface area contributed by atoms with Crippen LogP contribution >= 0.6 is 23.1 Å². The monoisotopic (exact) mass is 265 g/mol. The molecule has 1 N–H and O–H groups in total. The van der Waals surface area contributed by atoms with Crippen LogP contribution in [-0.2, 0) is 4.79 Å². The first kappa shape index (κ1) is 12.1. The van der Waals surface area contributed by atoms with E-state index in [9.17, 15) is 4.79 Å². The molecule has 4 nitrogen and oxygen atoms in total. The van der Waals surface area contributed by atoms with E-state index < -0.39 is 0 Å². The van der Waals surface area contributed by atoms with Gasteiger partial charge in [-0.15, -0.1) is 21.5 Å². The summed E-state index contributed by atoms with van der Waals surface area (Å²) in [5.41, 5.74) is 0.865. The molecule has 1 amide bonds. The van der Waals surface area contributed by atoms with Crippen LogP contribution in [0, 0.1) is 0 Å². The van der Waals surface area contributed by atoms with E-state index >= 15 is 0 Å². The average Bonchev–Trinajstić information content (AvgIpc) is 2.90. The second-order valence-electron chi connectivity index (χ2n) is 3.20. The average molecular weight is 265 g/mol. The Morgan fingerprint density at radius 1 is 1.41 bits per heavy atom. The first-order valence-corrected chi connectivity index (χ1v) is 6.87. The number of rotatable bonds is 4. The molecular weight excluding hydrogens is 254 g/mol. The molecule has 2 aromatic heterocycles. The lowest BCUT2D eigenvalue weighted by Crippen LogP contribution is -2.19. The molecule has 6 heteroatoms. The molecule has 17 heavy (non-hydrogen) atoms. The first-order valence-electron chi connectivity index (χ1n) is 5.00. The zero-order valence-corrected chi connectivity index (χ0v) is 10.8. The number of hydrogen-bond donors (Lipinski definition) is 1. The molecule has 0 aliphatic rings. The van der Waals surface area contributed by atoms with Gasteiger partial charge in [0.05, 0.1) is 10.6 Å². The largest absolute Gasteiger partial charge is 0.358 e. The number of nitrogens with zero attached hydrogens (tertiary/aromatic N) is 2. The number of carbonyl (C=O) groups excluding carboxylic acids is 1. The van der Waals surface area contributed by atoms with Gasteiger partial charge in [0.15, 0.2) is 0 Å². The number of hydrogen-bond acceptors (Lipinski definition) is 5. The van der Waals surface area contributed by atoms with Crippen molar-refractivity contribution in [2.45, 2.75) is 5.03 Å². The van der Waals surface area contributed by atoms with Crippen LogP contribution in [-0.4, -0.2) is 28.9 Å². The summed E-state index contributed by atoms with van der Waals surface area (Å²) in [5, 5.41) is 13.5. The molecule has 0 fully saturated rings.